The SMILES string of the molecule is COc1ccc(NC(=O)CN(C)CC(=O)N(C)CC(=O)Nc2c(C)cccc2C)cc1. The van der Waals surface area contributed by atoms with Crippen molar-refractivity contribution >= 4 is 29.1 Å². The second-order valence-electron chi connectivity index (χ2n) is 7.51. The normalized spacial score (nSPS) is 10.5. The van der Waals surface area contributed by atoms with Gasteiger partial charge in [-0.2, -0.15) is 0 Å². The second kappa shape index (κ2) is 11.1. The molecule has 0 radical (unpaired) electrons. The van der Waals surface area contributed by atoms with E-state index >= 15 is 0 Å². The number of benzene rings is 2. The Morgan fingerprint density at radius 2 is 1.42 bits per heavy atom. The van der Waals surface area contributed by atoms with E-state index in [-0.39, 0.29) is 37.4 Å². The molecule has 2 aromatic rings. The Balaban J connectivity index is 1.80. The third-order valence-electron chi connectivity index (χ3n) is 4.74. The van der Waals surface area contributed by atoms with E-state index in [4.69, 9.17) is 4.74 Å². The van der Waals surface area contributed by atoms with E-state index in [1.54, 1.807) is 50.4 Å². The lowest BCUT2D eigenvalue weighted by Crippen LogP contribution is -2.42. The van der Waals surface area contributed by atoms with Crippen LogP contribution < -0.4 is 15.4 Å². The number of ether oxygens (including phenoxy) is 1. The number of nitrogens with zero attached hydrogens (tertiary/aromatic N) is 2. The average Bonchev–Trinajstić information content (AvgIpc) is 2.71. The van der Waals surface area contributed by atoms with Crippen LogP contribution in [0.25, 0.3) is 0 Å². The Labute approximate surface area is 183 Å². The zero-order valence-electron chi connectivity index (χ0n) is 18.7. The highest BCUT2D eigenvalue weighted by Gasteiger charge is 2.17. The Bertz CT molecular complexity index is 907. The standard InChI is InChI=1S/C23H30N4O4/c1-16-7-6-8-17(2)23(16)25-21(29)14-27(4)22(30)15-26(3)13-20(28)24-18-9-11-19(31-5)12-10-18/h6-12H,13-15H2,1-5H3,(H,24,28)(H,25,29). The van der Waals surface area contributed by atoms with Crippen LogP contribution in [-0.4, -0.2) is 68.4 Å². The molecule has 31 heavy (non-hydrogen) atoms. The van der Waals surface area contributed by atoms with Crippen molar-refractivity contribution in [2.75, 3.05) is 51.5 Å². The van der Waals surface area contributed by atoms with E-state index < -0.39 is 0 Å². The van der Waals surface area contributed by atoms with Crippen LogP contribution in [0, 0.1) is 13.8 Å². The number of amides is 3. The van der Waals surface area contributed by atoms with E-state index in [2.05, 4.69) is 10.6 Å². The number of carbonyl (C=O) groups excluding carboxylic acids is 3. The predicted octanol–water partition coefficient (Wildman–Crippen LogP) is 2.28. The van der Waals surface area contributed by atoms with Crippen molar-refractivity contribution in [2.24, 2.45) is 0 Å². The number of methoxy groups -OCH3 is 1. The van der Waals surface area contributed by atoms with Gasteiger partial charge in [0.1, 0.15) is 5.75 Å². The molecule has 2 aromatic carbocycles. The molecule has 0 spiro atoms. The van der Waals surface area contributed by atoms with Crippen molar-refractivity contribution in [2.45, 2.75) is 13.8 Å². The zero-order chi connectivity index (χ0) is 23.0. The third kappa shape index (κ3) is 7.42. The number of hydrogen-bond donors (Lipinski definition) is 2. The van der Waals surface area contributed by atoms with Gasteiger partial charge in [0.2, 0.25) is 17.7 Å². The van der Waals surface area contributed by atoms with Crippen LogP contribution in [0.4, 0.5) is 11.4 Å². The molecule has 8 nitrogen and oxygen atoms in total. The molecule has 0 heterocycles. The van der Waals surface area contributed by atoms with Gasteiger partial charge in [-0.3, -0.25) is 19.3 Å². The number of aryl methyl sites for hydroxylation is 2. The highest BCUT2D eigenvalue weighted by atomic mass is 16.5. The van der Waals surface area contributed by atoms with Gasteiger partial charge >= 0.3 is 0 Å². The van der Waals surface area contributed by atoms with Gasteiger partial charge < -0.3 is 20.3 Å². The smallest absolute Gasteiger partial charge is 0.243 e. The summed E-state index contributed by atoms with van der Waals surface area (Å²) >= 11 is 0. The van der Waals surface area contributed by atoms with Crippen LogP contribution >= 0.6 is 0 Å². The van der Waals surface area contributed by atoms with Crippen LogP contribution in [-0.2, 0) is 14.4 Å². The summed E-state index contributed by atoms with van der Waals surface area (Å²) in [7, 11) is 4.82. The molecule has 8 heteroatoms. The van der Waals surface area contributed by atoms with Gasteiger partial charge in [-0.15, -0.1) is 0 Å². The molecule has 0 aliphatic carbocycles. The van der Waals surface area contributed by atoms with Gasteiger partial charge in [0.05, 0.1) is 26.7 Å². The molecule has 0 aromatic heterocycles. The van der Waals surface area contributed by atoms with E-state index in [9.17, 15) is 14.4 Å². The van der Waals surface area contributed by atoms with Gasteiger partial charge in [-0.1, -0.05) is 18.2 Å². The topological polar surface area (TPSA) is 91.0 Å². The molecule has 166 valence electrons. The molecule has 3 amide bonds. The van der Waals surface area contributed by atoms with E-state index in [1.165, 1.54) is 4.90 Å². The Kier molecular flexibility index (Phi) is 8.57. The minimum atomic E-state index is -0.270. The number of likely N-dealkylation sites (N-methyl/N-ethyl adjacent to an activating group) is 2. The van der Waals surface area contributed by atoms with Crippen molar-refractivity contribution in [3.8, 4) is 5.75 Å². The number of nitrogens with one attached hydrogen (secondary N) is 2. The van der Waals surface area contributed by atoms with E-state index in [0.717, 1.165) is 16.8 Å². The number of carbonyl (C=O) groups is 3. The molecule has 0 aliphatic heterocycles. The lowest BCUT2D eigenvalue weighted by molar-refractivity contribution is -0.134. The maximum absolute atomic E-state index is 12.4. The van der Waals surface area contributed by atoms with E-state index in [0.29, 0.717) is 11.4 Å². The summed E-state index contributed by atoms with van der Waals surface area (Å²) < 4.78 is 5.09. The van der Waals surface area contributed by atoms with Crippen molar-refractivity contribution in [3.63, 3.8) is 0 Å². The predicted molar refractivity (Wildman–Crippen MR) is 121 cm³/mol. The minimum absolute atomic E-state index is 0.0171. The maximum Gasteiger partial charge on any atom is 0.243 e. The maximum atomic E-state index is 12.4. The van der Waals surface area contributed by atoms with Crippen LogP contribution in [0.3, 0.4) is 0 Å². The van der Waals surface area contributed by atoms with Gasteiger partial charge in [-0.25, -0.2) is 0 Å². The summed E-state index contributed by atoms with van der Waals surface area (Å²) in [5, 5.41) is 5.64. The molecule has 0 fully saturated rings. The summed E-state index contributed by atoms with van der Waals surface area (Å²) in [6.07, 6.45) is 0. The van der Waals surface area contributed by atoms with E-state index in [1.807, 2.05) is 32.0 Å². The molecule has 0 saturated heterocycles. The zero-order valence-corrected chi connectivity index (χ0v) is 18.7. The van der Waals surface area contributed by atoms with Crippen LogP contribution in [0.15, 0.2) is 42.5 Å². The number of rotatable bonds is 9. The summed E-state index contributed by atoms with van der Waals surface area (Å²) in [5.74, 6) is -0.0641. The fourth-order valence-corrected chi connectivity index (χ4v) is 3.02. The Morgan fingerprint density at radius 3 is 2.00 bits per heavy atom. The quantitative estimate of drug-likeness (QED) is 0.642. The fraction of sp³-hybridized carbons (Fsp3) is 0.348. The molecular formula is C23H30N4O4. The highest BCUT2D eigenvalue weighted by Crippen LogP contribution is 2.19. The first-order valence-corrected chi connectivity index (χ1v) is 9.92. The second-order valence-corrected chi connectivity index (χ2v) is 7.51. The molecular weight excluding hydrogens is 396 g/mol. The van der Waals surface area contributed by atoms with Gasteiger partial charge in [0.25, 0.3) is 0 Å². The third-order valence-corrected chi connectivity index (χ3v) is 4.74. The summed E-state index contributed by atoms with van der Waals surface area (Å²) in [4.78, 5) is 39.9. The molecule has 2 N–H and O–H groups in total. The molecule has 0 aliphatic rings. The van der Waals surface area contributed by atoms with Crippen LogP contribution in [0.2, 0.25) is 0 Å². The van der Waals surface area contributed by atoms with Crippen molar-refractivity contribution in [1.29, 1.82) is 0 Å². The van der Waals surface area contributed by atoms with Crippen molar-refractivity contribution in [3.05, 3.63) is 53.6 Å². The lowest BCUT2D eigenvalue weighted by Gasteiger charge is -2.21. The first-order valence-electron chi connectivity index (χ1n) is 9.92. The van der Waals surface area contributed by atoms with Gasteiger partial charge in [0.15, 0.2) is 0 Å². The molecule has 0 atom stereocenters. The summed E-state index contributed by atoms with van der Waals surface area (Å²) in [6.45, 7) is 3.83. The highest BCUT2D eigenvalue weighted by molar-refractivity contribution is 5.96. The van der Waals surface area contributed by atoms with Crippen molar-refractivity contribution in [1.82, 2.24) is 9.80 Å². The fourth-order valence-electron chi connectivity index (χ4n) is 3.02. The van der Waals surface area contributed by atoms with Crippen molar-refractivity contribution < 1.29 is 19.1 Å². The molecule has 0 saturated carbocycles. The van der Waals surface area contributed by atoms with Crippen LogP contribution in [0.1, 0.15) is 11.1 Å². The first-order chi connectivity index (χ1) is 14.7. The Hall–Kier alpha value is -3.39. The van der Waals surface area contributed by atoms with Gasteiger partial charge in [-0.05, 0) is 56.3 Å². The summed E-state index contributed by atoms with van der Waals surface area (Å²) in [5.41, 5.74) is 3.33. The largest absolute Gasteiger partial charge is 0.497 e. The number of anilines is 2. The minimum Gasteiger partial charge on any atom is -0.497 e. The first kappa shape index (κ1) is 23.9. The summed E-state index contributed by atoms with van der Waals surface area (Å²) in [6, 6.07) is 12.8. The monoisotopic (exact) mass is 426 g/mol. The average molecular weight is 427 g/mol. The lowest BCUT2D eigenvalue weighted by atomic mass is 10.1. The number of para-hydroxylation sites is 1. The van der Waals surface area contributed by atoms with Crippen LogP contribution in [0.5, 0.6) is 5.75 Å². The van der Waals surface area contributed by atoms with Gasteiger partial charge in [0, 0.05) is 18.4 Å². The molecule has 2 rings (SSSR count). The Morgan fingerprint density at radius 1 is 0.839 bits per heavy atom. The molecule has 0 unspecified atom stereocenters. The number of hydrogen-bond acceptors (Lipinski definition) is 5. The molecule has 0 bridgehead atoms.